The Balaban J connectivity index is 1.42. The highest BCUT2D eigenvalue weighted by atomic mass is 19.1. The van der Waals surface area contributed by atoms with Crippen LogP contribution in [0.25, 0.3) is 0 Å². The molecule has 0 spiro atoms. The average Bonchev–Trinajstić information content (AvgIpc) is 2.97. The van der Waals surface area contributed by atoms with Gasteiger partial charge >= 0.3 is 0 Å². The topological polar surface area (TPSA) is 25.4 Å². The molecule has 1 atom stereocenters. The minimum atomic E-state index is -0.158. The summed E-state index contributed by atoms with van der Waals surface area (Å²) >= 11 is 0. The van der Waals surface area contributed by atoms with Crippen LogP contribution < -0.4 is 0 Å². The van der Waals surface area contributed by atoms with Crippen LogP contribution in [-0.4, -0.2) is 36.2 Å². The molecule has 0 radical (unpaired) electrons. The van der Waals surface area contributed by atoms with Crippen molar-refractivity contribution in [2.24, 2.45) is 11.3 Å². The monoisotopic (exact) mass is 340 g/mol. The van der Waals surface area contributed by atoms with Crippen LogP contribution in [0.15, 0.2) is 48.8 Å². The van der Waals surface area contributed by atoms with Crippen molar-refractivity contribution in [2.75, 3.05) is 26.3 Å². The second-order valence-corrected chi connectivity index (χ2v) is 7.55. The highest BCUT2D eigenvalue weighted by molar-refractivity contribution is 5.17. The number of ether oxygens (including phenoxy) is 1. The SMILES string of the molecule is Fc1ccc(CCC2(C3COC3)CCN(Cc3cccnc3)C2)cc1. The number of pyridine rings is 1. The summed E-state index contributed by atoms with van der Waals surface area (Å²) in [6.07, 6.45) is 7.17. The van der Waals surface area contributed by atoms with E-state index in [0.717, 1.165) is 45.7 Å². The van der Waals surface area contributed by atoms with E-state index in [0.29, 0.717) is 11.3 Å². The molecule has 25 heavy (non-hydrogen) atoms. The van der Waals surface area contributed by atoms with E-state index >= 15 is 0 Å². The van der Waals surface area contributed by atoms with Crippen molar-refractivity contribution >= 4 is 0 Å². The lowest BCUT2D eigenvalue weighted by molar-refractivity contribution is -0.0987. The van der Waals surface area contributed by atoms with Crippen LogP contribution in [0.3, 0.4) is 0 Å². The summed E-state index contributed by atoms with van der Waals surface area (Å²) in [4.78, 5) is 6.79. The fraction of sp³-hybridized carbons (Fsp3) is 0.476. The summed E-state index contributed by atoms with van der Waals surface area (Å²) < 4.78 is 18.6. The first kappa shape index (κ1) is 16.7. The predicted molar refractivity (Wildman–Crippen MR) is 95.6 cm³/mol. The predicted octanol–water partition coefficient (Wildman–Crippen LogP) is 3.69. The van der Waals surface area contributed by atoms with Gasteiger partial charge in [0.15, 0.2) is 0 Å². The summed E-state index contributed by atoms with van der Waals surface area (Å²) in [6, 6.07) is 11.1. The fourth-order valence-corrected chi connectivity index (χ4v) is 4.24. The van der Waals surface area contributed by atoms with Crippen LogP contribution >= 0.6 is 0 Å². The number of aromatic nitrogens is 1. The highest BCUT2D eigenvalue weighted by Gasteiger charge is 2.46. The Morgan fingerprint density at radius 3 is 2.68 bits per heavy atom. The standard InChI is InChI=1S/C21H25FN2O/c22-20-5-3-17(4-6-20)7-8-21(19-14-25-15-19)9-11-24(16-21)13-18-2-1-10-23-12-18/h1-6,10,12,19H,7-9,11,13-16H2. The highest BCUT2D eigenvalue weighted by Crippen LogP contribution is 2.45. The minimum Gasteiger partial charge on any atom is -0.381 e. The normalized spacial score (nSPS) is 24.4. The summed E-state index contributed by atoms with van der Waals surface area (Å²) in [7, 11) is 0. The van der Waals surface area contributed by atoms with E-state index in [4.69, 9.17) is 4.74 Å². The number of benzene rings is 1. The van der Waals surface area contributed by atoms with Gasteiger partial charge in [-0.25, -0.2) is 4.39 Å². The van der Waals surface area contributed by atoms with Crippen molar-refractivity contribution in [3.63, 3.8) is 0 Å². The molecule has 3 heterocycles. The lowest BCUT2D eigenvalue weighted by Crippen LogP contribution is -2.45. The largest absolute Gasteiger partial charge is 0.381 e. The number of hydrogen-bond acceptors (Lipinski definition) is 3. The van der Waals surface area contributed by atoms with Crippen molar-refractivity contribution in [1.82, 2.24) is 9.88 Å². The van der Waals surface area contributed by atoms with Gasteiger partial charge in [0.05, 0.1) is 13.2 Å². The lowest BCUT2D eigenvalue weighted by Gasteiger charge is -2.43. The third-order valence-electron chi connectivity index (χ3n) is 5.92. The van der Waals surface area contributed by atoms with E-state index in [-0.39, 0.29) is 5.82 Å². The number of likely N-dealkylation sites (tertiary alicyclic amines) is 1. The molecule has 132 valence electrons. The Morgan fingerprint density at radius 2 is 2.00 bits per heavy atom. The molecule has 2 aliphatic heterocycles. The van der Waals surface area contributed by atoms with E-state index in [1.165, 1.54) is 17.5 Å². The first-order valence-corrected chi connectivity index (χ1v) is 9.17. The molecule has 2 aromatic rings. The lowest BCUT2D eigenvalue weighted by atomic mass is 9.70. The molecule has 0 N–H and O–H groups in total. The molecule has 0 saturated carbocycles. The van der Waals surface area contributed by atoms with Crippen molar-refractivity contribution in [2.45, 2.75) is 25.8 Å². The third-order valence-corrected chi connectivity index (χ3v) is 5.92. The number of rotatable bonds is 6. The maximum Gasteiger partial charge on any atom is 0.123 e. The Bertz CT molecular complexity index is 687. The van der Waals surface area contributed by atoms with Crippen molar-refractivity contribution < 1.29 is 9.13 Å². The van der Waals surface area contributed by atoms with E-state index in [9.17, 15) is 4.39 Å². The van der Waals surface area contributed by atoms with Crippen molar-refractivity contribution in [3.05, 3.63) is 65.7 Å². The Labute approximate surface area is 148 Å². The summed E-state index contributed by atoms with van der Waals surface area (Å²) in [5, 5.41) is 0. The number of aryl methyl sites for hydroxylation is 1. The van der Waals surface area contributed by atoms with Crippen LogP contribution in [0, 0.1) is 17.2 Å². The van der Waals surface area contributed by atoms with Gasteiger partial charge in [-0.2, -0.15) is 0 Å². The molecule has 2 aliphatic rings. The molecular formula is C21H25FN2O. The van der Waals surface area contributed by atoms with Gasteiger partial charge in [0.1, 0.15) is 5.82 Å². The zero-order chi connectivity index (χ0) is 17.1. The summed E-state index contributed by atoms with van der Waals surface area (Å²) in [5.74, 6) is 0.501. The van der Waals surface area contributed by atoms with E-state index in [2.05, 4.69) is 16.0 Å². The molecule has 1 unspecified atom stereocenters. The van der Waals surface area contributed by atoms with Gasteiger partial charge in [-0.3, -0.25) is 9.88 Å². The fourth-order valence-electron chi connectivity index (χ4n) is 4.24. The van der Waals surface area contributed by atoms with E-state index in [1.54, 1.807) is 12.1 Å². The molecule has 1 aromatic heterocycles. The maximum absolute atomic E-state index is 13.1. The van der Waals surface area contributed by atoms with Gasteiger partial charge in [0, 0.05) is 31.4 Å². The quantitative estimate of drug-likeness (QED) is 0.802. The maximum atomic E-state index is 13.1. The van der Waals surface area contributed by atoms with Crippen LogP contribution in [0.5, 0.6) is 0 Å². The molecule has 0 bridgehead atoms. The zero-order valence-electron chi connectivity index (χ0n) is 14.5. The average molecular weight is 340 g/mol. The second kappa shape index (κ2) is 7.22. The number of halogens is 1. The van der Waals surface area contributed by atoms with Gasteiger partial charge in [-0.1, -0.05) is 18.2 Å². The van der Waals surface area contributed by atoms with Gasteiger partial charge in [-0.05, 0) is 60.5 Å². The number of nitrogens with zero attached hydrogens (tertiary/aromatic N) is 2. The van der Waals surface area contributed by atoms with Crippen LogP contribution in [-0.2, 0) is 17.7 Å². The molecule has 2 fully saturated rings. The van der Waals surface area contributed by atoms with Crippen molar-refractivity contribution in [1.29, 1.82) is 0 Å². The third kappa shape index (κ3) is 3.75. The Morgan fingerprint density at radius 1 is 1.16 bits per heavy atom. The molecule has 0 aliphatic carbocycles. The molecule has 3 nitrogen and oxygen atoms in total. The van der Waals surface area contributed by atoms with Gasteiger partial charge in [0.2, 0.25) is 0 Å². The molecule has 4 heteroatoms. The van der Waals surface area contributed by atoms with Crippen LogP contribution in [0.4, 0.5) is 4.39 Å². The Hall–Kier alpha value is -1.78. The molecular weight excluding hydrogens is 315 g/mol. The van der Waals surface area contributed by atoms with E-state index < -0.39 is 0 Å². The van der Waals surface area contributed by atoms with Gasteiger partial charge in [-0.15, -0.1) is 0 Å². The second-order valence-electron chi connectivity index (χ2n) is 7.55. The minimum absolute atomic E-state index is 0.158. The Kier molecular flexibility index (Phi) is 4.82. The van der Waals surface area contributed by atoms with Crippen LogP contribution in [0.2, 0.25) is 0 Å². The first-order valence-electron chi connectivity index (χ1n) is 9.17. The van der Waals surface area contributed by atoms with Gasteiger partial charge in [0.25, 0.3) is 0 Å². The molecule has 0 amide bonds. The van der Waals surface area contributed by atoms with Gasteiger partial charge < -0.3 is 4.74 Å². The summed E-state index contributed by atoms with van der Waals surface area (Å²) in [6.45, 7) is 5.01. The number of hydrogen-bond donors (Lipinski definition) is 0. The smallest absolute Gasteiger partial charge is 0.123 e. The first-order chi connectivity index (χ1) is 12.2. The summed E-state index contributed by atoms with van der Waals surface area (Å²) in [5.41, 5.74) is 2.84. The molecule has 2 saturated heterocycles. The van der Waals surface area contributed by atoms with Crippen molar-refractivity contribution in [3.8, 4) is 0 Å². The molecule has 1 aromatic carbocycles. The zero-order valence-corrected chi connectivity index (χ0v) is 14.5. The van der Waals surface area contributed by atoms with E-state index in [1.807, 2.05) is 30.6 Å². The molecule has 4 rings (SSSR count). The van der Waals surface area contributed by atoms with Crippen LogP contribution in [0.1, 0.15) is 24.0 Å².